The summed E-state index contributed by atoms with van der Waals surface area (Å²) >= 11 is 0. The molecule has 1 unspecified atom stereocenters. The van der Waals surface area contributed by atoms with Gasteiger partial charge in [0.2, 0.25) is 0 Å². The topological polar surface area (TPSA) is 51.0 Å². The van der Waals surface area contributed by atoms with E-state index in [1.807, 2.05) is 20.8 Å². The van der Waals surface area contributed by atoms with Gasteiger partial charge < -0.3 is 0 Å². The molecule has 0 saturated heterocycles. The fraction of sp³-hybridized carbons (Fsp3) is 0.667. The second-order valence-corrected chi connectivity index (χ2v) is 3.34. The summed E-state index contributed by atoms with van der Waals surface area (Å²) in [5, 5.41) is 7.55. The minimum absolute atomic E-state index is 0.00867. The van der Waals surface area contributed by atoms with Crippen molar-refractivity contribution < 1.29 is 14.3 Å². The number of hydrogen-bond acceptors (Lipinski definition) is 4. The van der Waals surface area contributed by atoms with Gasteiger partial charge in [0.15, 0.2) is 0 Å². The van der Waals surface area contributed by atoms with Crippen LogP contribution in [-0.4, -0.2) is 17.9 Å². The Balaban J connectivity index is 3.74. The Hall–Kier alpha value is -1.26. The lowest BCUT2D eigenvalue weighted by Gasteiger charge is -2.02. The van der Waals surface area contributed by atoms with E-state index in [2.05, 4.69) is 15.1 Å². The van der Waals surface area contributed by atoms with Crippen molar-refractivity contribution in [1.82, 2.24) is 0 Å². The first-order valence-electron chi connectivity index (χ1n) is 4.40. The van der Waals surface area contributed by atoms with Gasteiger partial charge in [-0.25, -0.2) is 4.79 Å². The van der Waals surface area contributed by atoms with Crippen LogP contribution in [0.15, 0.2) is 10.2 Å². The van der Waals surface area contributed by atoms with Crippen LogP contribution in [0.4, 0.5) is 4.53 Å². The number of rotatable bonds is 5. The SMILES string of the molecule is CC(C)=NN=CCC(C)CC(=O)OF. The molecule has 0 N–H and O–H groups in total. The van der Waals surface area contributed by atoms with Crippen molar-refractivity contribution in [3.63, 3.8) is 0 Å². The van der Waals surface area contributed by atoms with Crippen molar-refractivity contribution in [2.45, 2.75) is 33.6 Å². The van der Waals surface area contributed by atoms with Gasteiger partial charge in [-0.1, -0.05) is 6.92 Å². The molecule has 0 aliphatic carbocycles. The standard InChI is InChI=1S/C9H15FN2O2/c1-7(2)12-11-5-4-8(3)6-9(13)14-10/h5,8H,4,6H2,1-3H3. The number of halogens is 1. The van der Waals surface area contributed by atoms with Gasteiger partial charge in [-0.2, -0.15) is 10.2 Å². The minimum atomic E-state index is -0.846. The Morgan fingerprint density at radius 1 is 1.57 bits per heavy atom. The lowest BCUT2D eigenvalue weighted by molar-refractivity contribution is -0.184. The number of nitrogens with zero attached hydrogens (tertiary/aromatic N) is 2. The smallest absolute Gasteiger partial charge is 0.255 e. The van der Waals surface area contributed by atoms with E-state index in [0.29, 0.717) is 6.42 Å². The average molecular weight is 202 g/mol. The molecule has 0 amide bonds. The van der Waals surface area contributed by atoms with Gasteiger partial charge >= 0.3 is 5.97 Å². The molecule has 0 saturated carbocycles. The maximum Gasteiger partial charge on any atom is 0.349 e. The molecule has 0 spiro atoms. The summed E-state index contributed by atoms with van der Waals surface area (Å²) in [5.41, 5.74) is 0.858. The van der Waals surface area contributed by atoms with Crippen molar-refractivity contribution in [2.75, 3.05) is 0 Å². The van der Waals surface area contributed by atoms with E-state index in [9.17, 15) is 9.32 Å². The molecule has 5 heteroatoms. The molecule has 4 nitrogen and oxygen atoms in total. The molecule has 0 aromatic rings. The van der Waals surface area contributed by atoms with Crippen LogP contribution >= 0.6 is 0 Å². The molecule has 0 aromatic heterocycles. The molecular formula is C9H15FN2O2. The van der Waals surface area contributed by atoms with Gasteiger partial charge in [-0.05, 0) is 26.2 Å². The number of hydrogen-bond donors (Lipinski definition) is 0. The van der Waals surface area contributed by atoms with Crippen molar-refractivity contribution in [2.24, 2.45) is 16.1 Å². The average Bonchev–Trinajstić information content (AvgIpc) is 2.12. The van der Waals surface area contributed by atoms with Crippen LogP contribution in [0.3, 0.4) is 0 Å². The minimum Gasteiger partial charge on any atom is -0.255 e. The summed E-state index contributed by atoms with van der Waals surface area (Å²) in [5.74, 6) is -0.838. The van der Waals surface area contributed by atoms with Crippen molar-refractivity contribution in [3.8, 4) is 0 Å². The lowest BCUT2D eigenvalue weighted by Crippen LogP contribution is -2.05. The summed E-state index contributed by atoms with van der Waals surface area (Å²) in [4.78, 5) is 13.5. The molecule has 0 bridgehead atoms. The van der Waals surface area contributed by atoms with E-state index in [-0.39, 0.29) is 12.3 Å². The van der Waals surface area contributed by atoms with Crippen molar-refractivity contribution >= 4 is 17.9 Å². The van der Waals surface area contributed by atoms with E-state index in [1.165, 1.54) is 0 Å². The maximum atomic E-state index is 11.3. The highest BCUT2D eigenvalue weighted by Gasteiger charge is 2.09. The summed E-state index contributed by atoms with van der Waals surface area (Å²) < 4.78 is 11.3. The van der Waals surface area contributed by atoms with Gasteiger partial charge in [-0.15, -0.1) is 0 Å². The first kappa shape index (κ1) is 12.7. The monoisotopic (exact) mass is 202 g/mol. The third-order valence-electron chi connectivity index (χ3n) is 1.45. The third-order valence-corrected chi connectivity index (χ3v) is 1.45. The zero-order valence-electron chi connectivity index (χ0n) is 8.66. The molecule has 0 aliphatic rings. The van der Waals surface area contributed by atoms with Crippen LogP contribution in [-0.2, 0) is 9.74 Å². The summed E-state index contributed by atoms with van der Waals surface area (Å²) in [7, 11) is 0. The molecule has 80 valence electrons. The van der Waals surface area contributed by atoms with Gasteiger partial charge in [0, 0.05) is 16.5 Å². The summed E-state index contributed by atoms with van der Waals surface area (Å²) in [6.45, 7) is 5.48. The van der Waals surface area contributed by atoms with Crippen LogP contribution in [0.5, 0.6) is 0 Å². The zero-order chi connectivity index (χ0) is 11.0. The van der Waals surface area contributed by atoms with E-state index in [0.717, 1.165) is 5.71 Å². The highest BCUT2D eigenvalue weighted by molar-refractivity contribution is 5.79. The Kier molecular flexibility index (Phi) is 6.53. The van der Waals surface area contributed by atoms with Crippen LogP contribution in [0.2, 0.25) is 0 Å². The Labute approximate surface area is 82.8 Å². The van der Waals surface area contributed by atoms with Crippen molar-refractivity contribution in [1.29, 1.82) is 0 Å². The molecular weight excluding hydrogens is 187 g/mol. The van der Waals surface area contributed by atoms with Gasteiger partial charge in [-0.3, -0.25) is 4.94 Å². The Morgan fingerprint density at radius 2 is 2.21 bits per heavy atom. The molecule has 0 rings (SSSR count). The predicted molar refractivity (Wildman–Crippen MR) is 52.9 cm³/mol. The van der Waals surface area contributed by atoms with Crippen LogP contribution < -0.4 is 0 Å². The maximum absolute atomic E-state index is 11.3. The second kappa shape index (κ2) is 7.17. The Morgan fingerprint density at radius 3 is 2.71 bits per heavy atom. The molecule has 0 aliphatic heterocycles. The van der Waals surface area contributed by atoms with E-state index >= 15 is 0 Å². The van der Waals surface area contributed by atoms with Gasteiger partial charge in [0.05, 0.1) is 6.42 Å². The molecule has 1 atom stereocenters. The molecule has 0 radical (unpaired) electrons. The zero-order valence-corrected chi connectivity index (χ0v) is 8.66. The van der Waals surface area contributed by atoms with Gasteiger partial charge in [0.1, 0.15) is 0 Å². The Bertz CT molecular complexity index is 235. The quantitative estimate of drug-likeness (QED) is 0.507. The van der Waals surface area contributed by atoms with Gasteiger partial charge in [0.25, 0.3) is 0 Å². The number of carbonyl (C=O) groups is 1. The highest BCUT2D eigenvalue weighted by atomic mass is 19.3. The largest absolute Gasteiger partial charge is 0.349 e. The molecule has 0 aromatic carbocycles. The molecule has 0 fully saturated rings. The molecule has 14 heavy (non-hydrogen) atoms. The third kappa shape index (κ3) is 7.39. The van der Waals surface area contributed by atoms with Crippen LogP contribution in [0, 0.1) is 5.92 Å². The highest BCUT2D eigenvalue weighted by Crippen LogP contribution is 2.06. The second-order valence-electron chi connectivity index (χ2n) is 3.34. The van der Waals surface area contributed by atoms with Crippen LogP contribution in [0.25, 0.3) is 0 Å². The molecule has 0 heterocycles. The predicted octanol–water partition coefficient (Wildman–Crippen LogP) is 2.30. The normalized spacial score (nSPS) is 12.6. The number of carbonyl (C=O) groups excluding carboxylic acids is 1. The summed E-state index contributed by atoms with van der Waals surface area (Å²) in [6.07, 6.45) is 2.23. The van der Waals surface area contributed by atoms with E-state index in [4.69, 9.17) is 0 Å². The van der Waals surface area contributed by atoms with Crippen molar-refractivity contribution in [3.05, 3.63) is 0 Å². The summed E-state index contributed by atoms with van der Waals surface area (Å²) in [6, 6.07) is 0. The first-order valence-corrected chi connectivity index (χ1v) is 4.40. The fourth-order valence-corrected chi connectivity index (χ4v) is 0.783. The lowest BCUT2D eigenvalue weighted by atomic mass is 10.1. The first-order chi connectivity index (χ1) is 6.56. The van der Waals surface area contributed by atoms with E-state index in [1.54, 1.807) is 6.21 Å². The fourth-order valence-electron chi connectivity index (χ4n) is 0.783. The van der Waals surface area contributed by atoms with Crippen LogP contribution in [0.1, 0.15) is 33.6 Å². The van der Waals surface area contributed by atoms with E-state index < -0.39 is 5.97 Å².